The van der Waals surface area contributed by atoms with E-state index in [-0.39, 0.29) is 10.8 Å². The standard InChI is InChI=1S/C15H26N2OS/c1-6-17(7-2)10-8-9-16-12-11(15(3,4)5)13(18)14(12)19/h16H,6-10H2,1-5H3. The van der Waals surface area contributed by atoms with Crippen molar-refractivity contribution in [3.63, 3.8) is 0 Å². The van der Waals surface area contributed by atoms with Crippen molar-refractivity contribution in [2.45, 2.75) is 46.5 Å². The van der Waals surface area contributed by atoms with Gasteiger partial charge in [0, 0.05) is 12.1 Å². The Bertz CT molecular complexity index is 477. The van der Waals surface area contributed by atoms with Gasteiger partial charge >= 0.3 is 0 Å². The molecule has 0 atom stereocenters. The normalized spacial score (nSPS) is 12.3. The predicted octanol–water partition coefficient (Wildman–Crippen LogP) is 3.09. The molecular formula is C15H26N2OS. The fraction of sp³-hybridized carbons (Fsp3) is 0.733. The van der Waals surface area contributed by atoms with Crippen LogP contribution in [-0.2, 0) is 5.41 Å². The topological polar surface area (TPSA) is 32.3 Å². The van der Waals surface area contributed by atoms with Crippen molar-refractivity contribution in [3.8, 4) is 0 Å². The van der Waals surface area contributed by atoms with Crippen LogP contribution in [0.3, 0.4) is 0 Å². The SMILES string of the molecule is CCN(CC)CCCNc1c(C(C)(C)C)c(=O)c1=S. The van der Waals surface area contributed by atoms with E-state index in [1.807, 2.05) is 0 Å². The van der Waals surface area contributed by atoms with E-state index < -0.39 is 0 Å². The van der Waals surface area contributed by atoms with Crippen molar-refractivity contribution in [1.82, 2.24) is 4.90 Å². The highest BCUT2D eigenvalue weighted by atomic mass is 32.1. The fourth-order valence-corrected chi connectivity index (χ4v) is 2.61. The monoisotopic (exact) mass is 282 g/mol. The van der Waals surface area contributed by atoms with Crippen molar-refractivity contribution in [3.05, 3.63) is 20.3 Å². The maximum atomic E-state index is 11.8. The molecule has 1 aromatic rings. The maximum Gasteiger partial charge on any atom is 0.204 e. The van der Waals surface area contributed by atoms with Gasteiger partial charge in [-0.15, -0.1) is 0 Å². The minimum atomic E-state index is -0.124. The Morgan fingerprint density at radius 2 is 1.79 bits per heavy atom. The van der Waals surface area contributed by atoms with Gasteiger partial charge in [-0.3, -0.25) is 4.79 Å². The first kappa shape index (κ1) is 16.3. The minimum Gasteiger partial charge on any atom is -0.383 e. The molecule has 0 aliphatic carbocycles. The van der Waals surface area contributed by atoms with E-state index >= 15 is 0 Å². The molecule has 19 heavy (non-hydrogen) atoms. The van der Waals surface area contributed by atoms with Crippen molar-refractivity contribution in [1.29, 1.82) is 0 Å². The van der Waals surface area contributed by atoms with Gasteiger partial charge in [-0.2, -0.15) is 0 Å². The summed E-state index contributed by atoms with van der Waals surface area (Å²) in [5.74, 6) is 0. The zero-order valence-corrected chi connectivity index (χ0v) is 13.6. The molecule has 0 heterocycles. The Hall–Kier alpha value is -0.740. The third-order valence-corrected chi connectivity index (χ3v) is 3.90. The van der Waals surface area contributed by atoms with E-state index in [0.29, 0.717) is 4.51 Å². The lowest BCUT2D eigenvalue weighted by molar-refractivity contribution is 0.303. The molecule has 4 heteroatoms. The zero-order chi connectivity index (χ0) is 14.6. The maximum absolute atomic E-state index is 11.8. The number of nitrogens with one attached hydrogen (secondary N) is 1. The van der Waals surface area contributed by atoms with Crippen LogP contribution in [0.2, 0.25) is 0 Å². The molecule has 0 unspecified atom stereocenters. The quantitative estimate of drug-likeness (QED) is 0.615. The highest BCUT2D eigenvalue weighted by Crippen LogP contribution is 2.30. The third-order valence-electron chi connectivity index (χ3n) is 3.51. The van der Waals surface area contributed by atoms with E-state index in [4.69, 9.17) is 12.2 Å². The molecule has 0 spiro atoms. The fourth-order valence-electron chi connectivity index (χ4n) is 2.33. The van der Waals surface area contributed by atoms with E-state index in [0.717, 1.165) is 43.9 Å². The van der Waals surface area contributed by atoms with Gasteiger partial charge < -0.3 is 10.2 Å². The zero-order valence-electron chi connectivity index (χ0n) is 12.8. The molecule has 0 aliphatic rings. The molecule has 0 bridgehead atoms. The van der Waals surface area contributed by atoms with Crippen LogP contribution in [0, 0.1) is 4.51 Å². The molecule has 108 valence electrons. The largest absolute Gasteiger partial charge is 0.383 e. The summed E-state index contributed by atoms with van der Waals surface area (Å²) in [5, 5.41) is 3.35. The summed E-state index contributed by atoms with van der Waals surface area (Å²) in [7, 11) is 0. The van der Waals surface area contributed by atoms with Gasteiger partial charge in [0.25, 0.3) is 0 Å². The molecule has 0 aromatic heterocycles. The lowest BCUT2D eigenvalue weighted by atomic mass is 9.82. The van der Waals surface area contributed by atoms with Gasteiger partial charge in [0.05, 0.1) is 5.69 Å². The molecule has 3 nitrogen and oxygen atoms in total. The Morgan fingerprint density at radius 1 is 1.21 bits per heavy atom. The number of rotatable bonds is 7. The molecule has 1 N–H and O–H groups in total. The van der Waals surface area contributed by atoms with E-state index in [2.05, 4.69) is 44.8 Å². The van der Waals surface area contributed by atoms with Gasteiger partial charge in [0.1, 0.15) is 4.51 Å². The molecule has 1 rings (SSSR count). The minimum absolute atomic E-state index is 0.0498. The van der Waals surface area contributed by atoms with Gasteiger partial charge in [-0.25, -0.2) is 0 Å². The van der Waals surface area contributed by atoms with E-state index in [1.54, 1.807) is 0 Å². The molecular weight excluding hydrogens is 256 g/mol. The average molecular weight is 282 g/mol. The van der Waals surface area contributed by atoms with Crippen molar-refractivity contribution < 1.29 is 0 Å². The van der Waals surface area contributed by atoms with Crippen LogP contribution >= 0.6 is 12.2 Å². The molecule has 0 aliphatic heterocycles. The van der Waals surface area contributed by atoms with Crippen molar-refractivity contribution >= 4 is 17.9 Å². The summed E-state index contributed by atoms with van der Waals surface area (Å²) in [6.45, 7) is 14.6. The van der Waals surface area contributed by atoms with Crippen LogP contribution in [0.4, 0.5) is 5.69 Å². The second-order valence-corrected chi connectivity index (χ2v) is 6.37. The van der Waals surface area contributed by atoms with Gasteiger partial charge in [-0.1, -0.05) is 46.8 Å². The second-order valence-electron chi connectivity index (χ2n) is 5.97. The molecule has 1 aromatic carbocycles. The van der Waals surface area contributed by atoms with E-state index in [1.165, 1.54) is 0 Å². The molecule has 0 saturated carbocycles. The highest BCUT2D eigenvalue weighted by Gasteiger charge is 2.27. The number of hydrogen-bond acceptors (Lipinski definition) is 4. The lowest BCUT2D eigenvalue weighted by Gasteiger charge is -2.25. The van der Waals surface area contributed by atoms with Crippen molar-refractivity contribution in [2.75, 3.05) is 31.5 Å². The summed E-state index contributed by atoms with van der Waals surface area (Å²) >= 11 is 5.14. The Kier molecular flexibility index (Phi) is 5.68. The van der Waals surface area contributed by atoms with Gasteiger partial charge in [0.15, 0.2) is 0 Å². The van der Waals surface area contributed by atoms with Crippen LogP contribution in [-0.4, -0.2) is 31.1 Å². The smallest absolute Gasteiger partial charge is 0.204 e. The van der Waals surface area contributed by atoms with Crippen molar-refractivity contribution in [2.24, 2.45) is 0 Å². The van der Waals surface area contributed by atoms with Crippen LogP contribution < -0.4 is 10.7 Å². The van der Waals surface area contributed by atoms with Crippen LogP contribution in [0.15, 0.2) is 4.79 Å². The highest BCUT2D eigenvalue weighted by molar-refractivity contribution is 7.71. The van der Waals surface area contributed by atoms with Crippen LogP contribution in [0.1, 0.15) is 46.6 Å². The van der Waals surface area contributed by atoms with E-state index in [9.17, 15) is 4.79 Å². The molecule has 0 amide bonds. The van der Waals surface area contributed by atoms with Gasteiger partial charge in [0.2, 0.25) is 5.43 Å². The molecule has 0 radical (unpaired) electrons. The first-order chi connectivity index (χ1) is 8.82. The third kappa shape index (κ3) is 3.86. The molecule has 0 fully saturated rings. The number of nitrogens with zero attached hydrogens (tertiary/aromatic N) is 1. The van der Waals surface area contributed by atoms with Gasteiger partial charge in [-0.05, 0) is 31.5 Å². The second kappa shape index (κ2) is 6.62. The summed E-state index contributed by atoms with van der Waals surface area (Å²) in [6.07, 6.45) is 1.07. The summed E-state index contributed by atoms with van der Waals surface area (Å²) < 4.78 is 0.479. The Morgan fingerprint density at radius 3 is 2.26 bits per heavy atom. The summed E-state index contributed by atoms with van der Waals surface area (Å²) in [4.78, 5) is 14.2. The summed E-state index contributed by atoms with van der Waals surface area (Å²) in [6, 6.07) is 0. The average Bonchev–Trinajstić information content (AvgIpc) is 2.35. The summed E-state index contributed by atoms with van der Waals surface area (Å²) in [5.41, 5.74) is 1.70. The Labute approximate surface area is 121 Å². The number of anilines is 1. The molecule has 0 saturated heterocycles. The lowest BCUT2D eigenvalue weighted by Crippen LogP contribution is -2.31. The number of hydrogen-bond donors (Lipinski definition) is 1. The first-order valence-electron chi connectivity index (χ1n) is 7.12. The Balaban J connectivity index is 2.54. The van der Waals surface area contributed by atoms with Crippen LogP contribution in [0.5, 0.6) is 0 Å². The predicted molar refractivity (Wildman–Crippen MR) is 85.5 cm³/mol. The van der Waals surface area contributed by atoms with Crippen LogP contribution in [0.25, 0.3) is 0 Å². The first-order valence-corrected chi connectivity index (χ1v) is 7.53.